The normalized spacial score (nSPS) is 13.2. The molecule has 1 unspecified atom stereocenters. The average molecular weight is 184 g/mol. The predicted octanol–water partition coefficient (Wildman–Crippen LogP) is 1.14. The Hall–Kier alpha value is -0.870. The first kappa shape index (κ1) is 10.2. The van der Waals surface area contributed by atoms with Crippen LogP contribution in [0.1, 0.15) is 24.6 Å². The molecular weight excluding hydrogens is 168 g/mol. The predicted molar refractivity (Wildman–Crippen MR) is 49.6 cm³/mol. The Morgan fingerprint density at radius 1 is 1.69 bits per heavy atom. The summed E-state index contributed by atoms with van der Waals surface area (Å²) in [6.45, 7) is 2.68. The van der Waals surface area contributed by atoms with Crippen LogP contribution in [0.5, 0.6) is 0 Å². The van der Waals surface area contributed by atoms with E-state index in [-0.39, 0.29) is 6.04 Å². The van der Waals surface area contributed by atoms with Gasteiger partial charge in [-0.05, 0) is 14.0 Å². The number of nitrogens with zero attached hydrogens (tertiary/aromatic N) is 1. The summed E-state index contributed by atoms with van der Waals surface area (Å²) < 4.78 is 10.4. The second-order valence-electron chi connectivity index (χ2n) is 2.91. The molecule has 0 aliphatic heterocycles. The number of rotatable bonds is 5. The summed E-state index contributed by atoms with van der Waals surface area (Å²) in [7, 11) is 3.56. The minimum atomic E-state index is 0.212. The molecule has 1 N–H and O–H groups in total. The van der Waals surface area contributed by atoms with Crippen LogP contribution in [-0.4, -0.2) is 25.7 Å². The number of nitrogens with one attached hydrogen (secondary N) is 1. The van der Waals surface area contributed by atoms with Crippen molar-refractivity contribution < 1.29 is 9.15 Å². The number of hydrogen-bond acceptors (Lipinski definition) is 4. The van der Waals surface area contributed by atoms with E-state index < -0.39 is 0 Å². The van der Waals surface area contributed by atoms with E-state index in [4.69, 9.17) is 9.15 Å². The number of oxazole rings is 1. The maximum absolute atomic E-state index is 5.48. The molecule has 1 rings (SSSR count). The van der Waals surface area contributed by atoms with Gasteiger partial charge in [0.05, 0.1) is 18.8 Å². The van der Waals surface area contributed by atoms with Crippen LogP contribution in [0.3, 0.4) is 0 Å². The fourth-order valence-corrected chi connectivity index (χ4v) is 0.972. The first-order valence-corrected chi connectivity index (χ1v) is 4.38. The molecule has 0 amide bonds. The van der Waals surface area contributed by atoms with Gasteiger partial charge in [-0.15, -0.1) is 0 Å². The summed E-state index contributed by atoms with van der Waals surface area (Å²) in [6.07, 6.45) is 2.49. The smallest absolute Gasteiger partial charge is 0.196 e. The second-order valence-corrected chi connectivity index (χ2v) is 2.91. The van der Waals surface area contributed by atoms with Crippen LogP contribution in [0.2, 0.25) is 0 Å². The van der Waals surface area contributed by atoms with Gasteiger partial charge in [0.25, 0.3) is 0 Å². The first-order valence-electron chi connectivity index (χ1n) is 4.38. The molecular formula is C9H16N2O2. The Bertz CT molecular complexity index is 248. The molecule has 0 aliphatic carbocycles. The lowest BCUT2D eigenvalue weighted by atomic mass is 10.3. The van der Waals surface area contributed by atoms with E-state index >= 15 is 0 Å². The lowest BCUT2D eigenvalue weighted by Gasteiger charge is -2.04. The van der Waals surface area contributed by atoms with Crippen LogP contribution in [-0.2, 0) is 11.2 Å². The highest BCUT2D eigenvalue weighted by Crippen LogP contribution is 2.12. The van der Waals surface area contributed by atoms with E-state index in [0.717, 1.165) is 18.1 Å². The van der Waals surface area contributed by atoms with Gasteiger partial charge >= 0.3 is 0 Å². The second kappa shape index (κ2) is 4.99. The molecule has 1 aromatic rings. The zero-order valence-electron chi connectivity index (χ0n) is 8.33. The number of aromatic nitrogens is 1. The van der Waals surface area contributed by atoms with Gasteiger partial charge in [-0.25, -0.2) is 4.98 Å². The van der Waals surface area contributed by atoms with Crippen molar-refractivity contribution in [3.8, 4) is 0 Å². The van der Waals surface area contributed by atoms with E-state index in [2.05, 4.69) is 10.3 Å². The van der Waals surface area contributed by atoms with E-state index in [0.29, 0.717) is 6.61 Å². The van der Waals surface area contributed by atoms with Crippen LogP contribution >= 0.6 is 0 Å². The van der Waals surface area contributed by atoms with Gasteiger partial charge in [0.1, 0.15) is 5.76 Å². The molecule has 4 nitrogen and oxygen atoms in total. The molecule has 74 valence electrons. The maximum Gasteiger partial charge on any atom is 0.196 e. The van der Waals surface area contributed by atoms with Crippen molar-refractivity contribution in [3.05, 3.63) is 17.8 Å². The van der Waals surface area contributed by atoms with Crippen LogP contribution in [0, 0.1) is 0 Å². The lowest BCUT2D eigenvalue weighted by molar-refractivity contribution is 0.194. The Morgan fingerprint density at radius 3 is 3.08 bits per heavy atom. The minimum Gasteiger partial charge on any atom is -0.444 e. The van der Waals surface area contributed by atoms with Crippen LogP contribution in [0.25, 0.3) is 0 Å². The van der Waals surface area contributed by atoms with Crippen LogP contribution in [0.4, 0.5) is 0 Å². The van der Waals surface area contributed by atoms with Crippen molar-refractivity contribution in [2.24, 2.45) is 0 Å². The van der Waals surface area contributed by atoms with Crippen molar-refractivity contribution in [3.63, 3.8) is 0 Å². The zero-order valence-corrected chi connectivity index (χ0v) is 8.33. The highest BCUT2D eigenvalue weighted by Gasteiger charge is 2.08. The monoisotopic (exact) mass is 184 g/mol. The molecule has 0 radical (unpaired) electrons. The number of hydrogen-bond donors (Lipinski definition) is 1. The summed E-state index contributed by atoms with van der Waals surface area (Å²) in [5, 5.41) is 3.09. The summed E-state index contributed by atoms with van der Waals surface area (Å²) in [6, 6.07) is 0.212. The van der Waals surface area contributed by atoms with Crippen LogP contribution in [0.15, 0.2) is 10.6 Å². The van der Waals surface area contributed by atoms with Gasteiger partial charge in [-0.1, -0.05) is 0 Å². The summed E-state index contributed by atoms with van der Waals surface area (Å²) in [4.78, 5) is 4.14. The molecule has 4 heteroatoms. The Morgan fingerprint density at radius 2 is 2.46 bits per heavy atom. The molecule has 0 aromatic carbocycles. The van der Waals surface area contributed by atoms with E-state index in [9.17, 15) is 0 Å². The van der Waals surface area contributed by atoms with Gasteiger partial charge in [0.15, 0.2) is 5.89 Å². The number of ether oxygens (including phenoxy) is 1. The first-order chi connectivity index (χ1) is 6.27. The quantitative estimate of drug-likeness (QED) is 0.745. The van der Waals surface area contributed by atoms with Crippen LogP contribution < -0.4 is 5.32 Å². The fraction of sp³-hybridized carbons (Fsp3) is 0.667. The SMILES string of the molecule is CNC(C)c1cnc(CCOC)o1. The van der Waals surface area contributed by atoms with Crippen molar-refractivity contribution >= 4 is 0 Å². The number of methoxy groups -OCH3 is 1. The van der Waals surface area contributed by atoms with Gasteiger partial charge in [-0.3, -0.25) is 0 Å². The summed E-state index contributed by atoms with van der Waals surface area (Å²) in [5.41, 5.74) is 0. The summed E-state index contributed by atoms with van der Waals surface area (Å²) in [5.74, 6) is 1.60. The Balaban J connectivity index is 2.53. The Labute approximate surface area is 78.3 Å². The Kier molecular flexibility index (Phi) is 3.92. The molecule has 0 bridgehead atoms. The van der Waals surface area contributed by atoms with Gasteiger partial charge in [-0.2, -0.15) is 0 Å². The highest BCUT2D eigenvalue weighted by atomic mass is 16.5. The average Bonchev–Trinajstić information content (AvgIpc) is 2.62. The molecule has 13 heavy (non-hydrogen) atoms. The highest BCUT2D eigenvalue weighted by molar-refractivity contribution is 4.99. The molecule has 0 spiro atoms. The standard InChI is InChI=1S/C9H16N2O2/c1-7(10-2)8-6-11-9(13-8)4-5-12-3/h6-7,10H,4-5H2,1-3H3. The van der Waals surface area contributed by atoms with Crippen molar-refractivity contribution in [2.45, 2.75) is 19.4 Å². The third-order valence-corrected chi connectivity index (χ3v) is 1.95. The molecule has 0 saturated heterocycles. The third kappa shape index (κ3) is 2.82. The van der Waals surface area contributed by atoms with Gasteiger partial charge in [0, 0.05) is 13.5 Å². The van der Waals surface area contributed by atoms with E-state index in [1.807, 2.05) is 14.0 Å². The maximum atomic E-state index is 5.48. The van der Waals surface area contributed by atoms with E-state index in [1.54, 1.807) is 13.3 Å². The van der Waals surface area contributed by atoms with Crippen molar-refractivity contribution in [2.75, 3.05) is 20.8 Å². The third-order valence-electron chi connectivity index (χ3n) is 1.95. The van der Waals surface area contributed by atoms with E-state index in [1.165, 1.54) is 0 Å². The molecule has 1 atom stereocenters. The van der Waals surface area contributed by atoms with Gasteiger partial charge < -0.3 is 14.5 Å². The fourth-order valence-electron chi connectivity index (χ4n) is 0.972. The van der Waals surface area contributed by atoms with Gasteiger partial charge in [0.2, 0.25) is 0 Å². The molecule has 1 aromatic heterocycles. The lowest BCUT2D eigenvalue weighted by Crippen LogP contribution is -2.11. The molecule has 0 aliphatic rings. The largest absolute Gasteiger partial charge is 0.444 e. The van der Waals surface area contributed by atoms with Crippen molar-refractivity contribution in [1.29, 1.82) is 0 Å². The molecule has 0 saturated carbocycles. The zero-order chi connectivity index (χ0) is 9.68. The summed E-state index contributed by atoms with van der Waals surface area (Å²) >= 11 is 0. The topological polar surface area (TPSA) is 47.3 Å². The van der Waals surface area contributed by atoms with Crippen molar-refractivity contribution in [1.82, 2.24) is 10.3 Å². The molecule has 1 heterocycles. The minimum absolute atomic E-state index is 0.212. The molecule has 0 fully saturated rings.